The van der Waals surface area contributed by atoms with E-state index in [0.717, 1.165) is 12.5 Å². The number of methoxy groups -OCH3 is 1. The summed E-state index contributed by atoms with van der Waals surface area (Å²) in [5, 5.41) is 2.64. The zero-order chi connectivity index (χ0) is 15.1. The summed E-state index contributed by atoms with van der Waals surface area (Å²) < 4.78 is 23.2. The van der Waals surface area contributed by atoms with Crippen molar-refractivity contribution >= 4 is 11.9 Å². The molecule has 0 radical (unpaired) electrons. The largest absolute Gasteiger partial charge is 0.497 e. The van der Waals surface area contributed by atoms with Crippen LogP contribution in [0.1, 0.15) is 30.6 Å². The van der Waals surface area contributed by atoms with Gasteiger partial charge >= 0.3 is 5.97 Å². The Balaban J connectivity index is 2.57. The lowest BCUT2D eigenvalue weighted by atomic mass is 10.2. The molecule has 1 aromatic rings. The molecule has 0 unspecified atom stereocenters. The van der Waals surface area contributed by atoms with Crippen molar-refractivity contribution in [2.45, 2.75) is 26.3 Å². The Morgan fingerprint density at radius 2 is 2.10 bits per heavy atom. The molecule has 5 nitrogen and oxygen atoms in total. The molecule has 0 aromatic heterocycles. The third kappa shape index (κ3) is 4.53. The normalized spacial score (nSPS) is 11.6. The lowest BCUT2D eigenvalue weighted by Crippen LogP contribution is -2.35. The van der Waals surface area contributed by atoms with Crippen LogP contribution in [0.2, 0.25) is 0 Å². The average molecular weight is 283 g/mol. The van der Waals surface area contributed by atoms with Gasteiger partial charge in [0.1, 0.15) is 11.6 Å². The molecular weight excluding hydrogens is 265 g/mol. The van der Waals surface area contributed by atoms with Crippen molar-refractivity contribution in [3.05, 3.63) is 29.6 Å². The number of amides is 1. The Morgan fingerprint density at radius 1 is 1.40 bits per heavy atom. The maximum absolute atomic E-state index is 13.6. The molecule has 0 aliphatic rings. The minimum Gasteiger partial charge on any atom is -0.497 e. The monoisotopic (exact) mass is 283 g/mol. The fourth-order valence-corrected chi connectivity index (χ4v) is 1.42. The van der Waals surface area contributed by atoms with E-state index in [2.05, 4.69) is 5.32 Å². The van der Waals surface area contributed by atoms with Gasteiger partial charge in [0.15, 0.2) is 6.61 Å². The SMILES string of the molecule is CC[C@@H](C)NC(=O)COC(=O)c1ccc(OC)cc1F. The standard InChI is InChI=1S/C14H18FNO4/c1-4-9(2)16-13(17)8-20-14(18)11-6-5-10(19-3)7-12(11)15/h5-7,9H,4,8H2,1-3H3,(H,16,17)/t9-/m1/s1. The van der Waals surface area contributed by atoms with Gasteiger partial charge in [0.25, 0.3) is 5.91 Å². The van der Waals surface area contributed by atoms with Gasteiger partial charge in [-0.05, 0) is 25.5 Å². The van der Waals surface area contributed by atoms with Gasteiger partial charge in [-0.3, -0.25) is 4.79 Å². The van der Waals surface area contributed by atoms with Crippen LogP contribution in [0, 0.1) is 5.82 Å². The molecule has 0 saturated heterocycles. The Kier molecular flexibility index (Phi) is 5.96. The summed E-state index contributed by atoms with van der Waals surface area (Å²) in [5.74, 6) is -1.75. The van der Waals surface area contributed by atoms with Crippen LogP contribution in [0.25, 0.3) is 0 Å². The molecule has 6 heteroatoms. The van der Waals surface area contributed by atoms with Crippen LogP contribution in [-0.2, 0) is 9.53 Å². The zero-order valence-electron chi connectivity index (χ0n) is 11.7. The number of benzene rings is 1. The number of hydrogen-bond donors (Lipinski definition) is 1. The first kappa shape index (κ1) is 15.9. The second kappa shape index (κ2) is 7.47. The van der Waals surface area contributed by atoms with Crippen LogP contribution >= 0.6 is 0 Å². The summed E-state index contributed by atoms with van der Waals surface area (Å²) in [5.41, 5.74) is -0.234. The summed E-state index contributed by atoms with van der Waals surface area (Å²) in [6.07, 6.45) is 0.771. The second-order valence-corrected chi connectivity index (χ2v) is 4.30. The molecule has 0 aliphatic carbocycles. The molecule has 1 N–H and O–H groups in total. The van der Waals surface area contributed by atoms with Crippen molar-refractivity contribution < 1.29 is 23.5 Å². The molecular formula is C14H18FNO4. The predicted octanol–water partition coefficient (Wildman–Crippen LogP) is 1.91. The molecule has 0 aliphatic heterocycles. The molecule has 20 heavy (non-hydrogen) atoms. The fourth-order valence-electron chi connectivity index (χ4n) is 1.42. The van der Waals surface area contributed by atoms with Crippen LogP contribution < -0.4 is 10.1 Å². The average Bonchev–Trinajstić information content (AvgIpc) is 2.44. The van der Waals surface area contributed by atoms with Crippen molar-refractivity contribution in [2.75, 3.05) is 13.7 Å². The van der Waals surface area contributed by atoms with E-state index in [4.69, 9.17) is 9.47 Å². The summed E-state index contributed by atoms with van der Waals surface area (Å²) in [4.78, 5) is 23.1. The predicted molar refractivity (Wildman–Crippen MR) is 71.1 cm³/mol. The topological polar surface area (TPSA) is 64.6 Å². The summed E-state index contributed by atoms with van der Waals surface area (Å²) in [6.45, 7) is 3.32. The number of carbonyl (C=O) groups is 2. The van der Waals surface area contributed by atoms with Crippen molar-refractivity contribution in [1.29, 1.82) is 0 Å². The number of nitrogens with one attached hydrogen (secondary N) is 1. The fraction of sp³-hybridized carbons (Fsp3) is 0.429. The molecule has 1 amide bonds. The van der Waals surface area contributed by atoms with Crippen LogP contribution in [0.5, 0.6) is 5.75 Å². The minimum absolute atomic E-state index is 0.000996. The van der Waals surface area contributed by atoms with E-state index in [9.17, 15) is 14.0 Å². The van der Waals surface area contributed by atoms with E-state index in [-0.39, 0.29) is 11.6 Å². The van der Waals surface area contributed by atoms with Gasteiger partial charge in [-0.2, -0.15) is 0 Å². The molecule has 110 valence electrons. The molecule has 0 fully saturated rings. The van der Waals surface area contributed by atoms with Gasteiger partial charge in [-0.1, -0.05) is 6.92 Å². The van der Waals surface area contributed by atoms with Gasteiger partial charge in [0.05, 0.1) is 12.7 Å². The van der Waals surface area contributed by atoms with E-state index in [1.165, 1.54) is 19.2 Å². The highest BCUT2D eigenvalue weighted by Crippen LogP contribution is 2.16. The van der Waals surface area contributed by atoms with E-state index in [1.807, 2.05) is 13.8 Å². The highest BCUT2D eigenvalue weighted by atomic mass is 19.1. The molecule has 1 atom stereocenters. The van der Waals surface area contributed by atoms with E-state index in [0.29, 0.717) is 5.75 Å². The van der Waals surface area contributed by atoms with Crippen LogP contribution in [0.3, 0.4) is 0 Å². The Labute approximate surface area is 117 Å². The van der Waals surface area contributed by atoms with Gasteiger partial charge in [0.2, 0.25) is 0 Å². The maximum atomic E-state index is 13.6. The third-order valence-electron chi connectivity index (χ3n) is 2.75. The first-order valence-electron chi connectivity index (χ1n) is 6.28. The number of esters is 1. The van der Waals surface area contributed by atoms with Crippen molar-refractivity contribution in [3.63, 3.8) is 0 Å². The summed E-state index contributed by atoms with van der Waals surface area (Å²) >= 11 is 0. The maximum Gasteiger partial charge on any atom is 0.341 e. The first-order valence-corrected chi connectivity index (χ1v) is 6.28. The highest BCUT2D eigenvalue weighted by Gasteiger charge is 2.16. The van der Waals surface area contributed by atoms with Gasteiger partial charge in [-0.15, -0.1) is 0 Å². The van der Waals surface area contributed by atoms with Crippen LogP contribution in [0.15, 0.2) is 18.2 Å². The molecule has 0 heterocycles. The molecule has 1 aromatic carbocycles. The van der Waals surface area contributed by atoms with E-state index in [1.54, 1.807) is 0 Å². The van der Waals surface area contributed by atoms with Crippen molar-refractivity contribution in [2.24, 2.45) is 0 Å². The summed E-state index contributed by atoms with van der Waals surface area (Å²) in [7, 11) is 1.39. The number of carbonyl (C=O) groups excluding carboxylic acids is 2. The molecule has 1 rings (SSSR count). The zero-order valence-corrected chi connectivity index (χ0v) is 11.7. The number of ether oxygens (including phenoxy) is 2. The van der Waals surface area contributed by atoms with Crippen molar-refractivity contribution in [3.8, 4) is 5.75 Å². The molecule has 0 saturated carbocycles. The highest BCUT2D eigenvalue weighted by molar-refractivity contribution is 5.91. The molecule has 0 bridgehead atoms. The Morgan fingerprint density at radius 3 is 2.65 bits per heavy atom. The van der Waals surface area contributed by atoms with Crippen LogP contribution in [0.4, 0.5) is 4.39 Å². The van der Waals surface area contributed by atoms with Crippen LogP contribution in [-0.4, -0.2) is 31.6 Å². The first-order chi connectivity index (χ1) is 9.47. The Bertz CT molecular complexity index is 490. The van der Waals surface area contributed by atoms with Gasteiger partial charge in [-0.25, -0.2) is 9.18 Å². The van der Waals surface area contributed by atoms with E-state index < -0.39 is 24.3 Å². The quantitative estimate of drug-likeness (QED) is 0.810. The molecule has 0 spiro atoms. The van der Waals surface area contributed by atoms with Gasteiger partial charge in [0, 0.05) is 12.1 Å². The second-order valence-electron chi connectivity index (χ2n) is 4.30. The number of hydrogen-bond acceptors (Lipinski definition) is 4. The van der Waals surface area contributed by atoms with E-state index >= 15 is 0 Å². The van der Waals surface area contributed by atoms with Crippen molar-refractivity contribution in [1.82, 2.24) is 5.32 Å². The smallest absolute Gasteiger partial charge is 0.341 e. The lowest BCUT2D eigenvalue weighted by molar-refractivity contribution is -0.124. The summed E-state index contributed by atoms with van der Waals surface area (Å²) in [6, 6.07) is 3.77. The van der Waals surface area contributed by atoms with Gasteiger partial charge < -0.3 is 14.8 Å². The lowest BCUT2D eigenvalue weighted by Gasteiger charge is -2.11. The number of rotatable bonds is 6. The minimum atomic E-state index is -0.885. The third-order valence-corrected chi connectivity index (χ3v) is 2.75. The number of halogens is 1. The Hall–Kier alpha value is -2.11.